The Morgan fingerprint density at radius 2 is 1.58 bits per heavy atom. The van der Waals surface area contributed by atoms with Crippen molar-refractivity contribution >= 4 is 11.6 Å². The molecule has 0 spiro atoms. The van der Waals surface area contributed by atoms with Crippen LogP contribution in [0.2, 0.25) is 0 Å². The number of nitrogens with zero attached hydrogens (tertiary/aromatic N) is 1. The highest BCUT2D eigenvalue weighted by molar-refractivity contribution is 6.22. The summed E-state index contributed by atoms with van der Waals surface area (Å²) in [7, 11) is 0. The van der Waals surface area contributed by atoms with E-state index < -0.39 is 23.0 Å². The van der Waals surface area contributed by atoms with E-state index in [0.29, 0.717) is 12.8 Å². The molecule has 0 saturated heterocycles. The van der Waals surface area contributed by atoms with E-state index in [-0.39, 0.29) is 24.1 Å². The second-order valence-corrected chi connectivity index (χ2v) is 4.77. The molecular formula is C10H8ClF6NO. The lowest BCUT2D eigenvalue weighted by Gasteiger charge is -2.28. The second kappa shape index (κ2) is 4.29. The Kier molecular flexibility index (Phi) is 3.27. The minimum atomic E-state index is -5.77. The molecule has 0 N–H and O–H groups in total. The first-order valence-corrected chi connectivity index (χ1v) is 5.77. The molecule has 19 heavy (non-hydrogen) atoms. The minimum Gasteiger partial charge on any atom is -0.354 e. The zero-order valence-electron chi connectivity index (χ0n) is 9.33. The Morgan fingerprint density at radius 3 is 2.16 bits per heavy atom. The Balaban J connectivity index is 2.48. The summed E-state index contributed by atoms with van der Waals surface area (Å²) < 4.78 is 82.6. The summed E-state index contributed by atoms with van der Waals surface area (Å²) in [5.41, 5.74) is -0.119. The summed E-state index contributed by atoms with van der Waals surface area (Å²) in [6.07, 6.45) is 1.44. The van der Waals surface area contributed by atoms with Crippen LogP contribution in [-0.4, -0.2) is 16.5 Å². The Bertz CT molecular complexity index is 481. The molecular weight excluding hydrogens is 300 g/mol. The summed E-state index contributed by atoms with van der Waals surface area (Å²) in [5.74, 6) is -12.5. The number of rotatable bonds is 3. The van der Waals surface area contributed by atoms with Crippen LogP contribution < -0.4 is 0 Å². The van der Waals surface area contributed by atoms with Gasteiger partial charge in [0.2, 0.25) is 5.76 Å². The van der Waals surface area contributed by atoms with E-state index >= 15 is 0 Å². The average Bonchev–Trinajstić information content (AvgIpc) is 2.71. The number of halogens is 7. The highest BCUT2D eigenvalue weighted by Crippen LogP contribution is 2.54. The smallest absolute Gasteiger partial charge is 0.354 e. The largest absolute Gasteiger partial charge is 0.394 e. The van der Waals surface area contributed by atoms with E-state index in [1.165, 1.54) is 0 Å². The maximum Gasteiger partial charge on any atom is 0.394 e. The fourth-order valence-electron chi connectivity index (χ4n) is 1.96. The number of hydrogen-bond donors (Lipinski definition) is 0. The maximum absolute atomic E-state index is 13.6. The molecule has 9 heteroatoms. The topological polar surface area (TPSA) is 26.0 Å². The third-order valence-electron chi connectivity index (χ3n) is 3.00. The van der Waals surface area contributed by atoms with Crippen molar-refractivity contribution in [3.63, 3.8) is 0 Å². The van der Waals surface area contributed by atoms with Crippen molar-refractivity contribution in [2.24, 2.45) is 0 Å². The van der Waals surface area contributed by atoms with Crippen LogP contribution in [0.1, 0.15) is 29.9 Å². The summed E-state index contributed by atoms with van der Waals surface area (Å²) in [6.45, 7) is 0. The van der Waals surface area contributed by atoms with E-state index in [4.69, 9.17) is 0 Å². The third kappa shape index (κ3) is 2.09. The predicted octanol–water partition coefficient (Wildman–Crippen LogP) is 4.11. The van der Waals surface area contributed by atoms with Crippen molar-refractivity contribution in [2.45, 2.75) is 42.9 Å². The molecule has 0 radical (unpaired) electrons. The first kappa shape index (κ1) is 14.5. The average molecular weight is 308 g/mol. The molecule has 0 atom stereocenters. The monoisotopic (exact) mass is 307 g/mol. The lowest BCUT2D eigenvalue weighted by Crippen LogP contribution is -2.49. The van der Waals surface area contributed by atoms with Crippen molar-refractivity contribution in [3.05, 3.63) is 17.0 Å². The van der Waals surface area contributed by atoms with E-state index in [1.807, 2.05) is 0 Å². The van der Waals surface area contributed by atoms with Gasteiger partial charge in [-0.15, -0.1) is 0 Å². The van der Waals surface area contributed by atoms with Gasteiger partial charge in [-0.3, -0.25) is 0 Å². The molecule has 0 bridgehead atoms. The summed E-state index contributed by atoms with van der Waals surface area (Å²) in [4.78, 5) is 0. The fraction of sp³-hybridized carbons (Fsp3) is 0.700. The molecule has 0 saturated carbocycles. The minimum absolute atomic E-state index is 0.0354. The zero-order chi connectivity index (χ0) is 14.5. The lowest BCUT2D eigenvalue weighted by molar-refractivity contribution is -0.292. The number of aromatic nitrogens is 1. The van der Waals surface area contributed by atoms with Gasteiger partial charge in [-0.1, -0.05) is 5.16 Å². The molecule has 0 aliphatic heterocycles. The van der Waals surface area contributed by atoms with E-state index in [0.717, 1.165) is 0 Å². The molecule has 1 aliphatic rings. The predicted molar refractivity (Wildman–Crippen MR) is 52.8 cm³/mol. The molecule has 0 amide bonds. The molecule has 0 unspecified atom stereocenters. The van der Waals surface area contributed by atoms with Gasteiger partial charge in [-0.05, 0) is 37.3 Å². The van der Waals surface area contributed by atoms with Crippen LogP contribution in [0.15, 0.2) is 4.52 Å². The molecule has 1 heterocycles. The fourth-order valence-corrected chi connectivity index (χ4v) is 2.08. The first-order chi connectivity index (χ1) is 8.59. The van der Waals surface area contributed by atoms with Gasteiger partial charge >= 0.3 is 17.2 Å². The first-order valence-electron chi connectivity index (χ1n) is 5.39. The van der Waals surface area contributed by atoms with Crippen LogP contribution in [0, 0.1) is 0 Å². The van der Waals surface area contributed by atoms with E-state index in [1.54, 1.807) is 0 Å². The second-order valence-electron chi connectivity index (χ2n) is 4.29. The van der Waals surface area contributed by atoms with Gasteiger partial charge in [0.05, 0.1) is 5.69 Å². The van der Waals surface area contributed by atoms with Gasteiger partial charge in [0.15, 0.2) is 0 Å². The van der Waals surface area contributed by atoms with Gasteiger partial charge in [0.1, 0.15) is 0 Å². The maximum atomic E-state index is 13.6. The lowest BCUT2D eigenvalue weighted by atomic mass is 9.93. The van der Waals surface area contributed by atoms with E-state index in [2.05, 4.69) is 21.3 Å². The van der Waals surface area contributed by atoms with Gasteiger partial charge in [-0.2, -0.15) is 26.3 Å². The van der Waals surface area contributed by atoms with Crippen LogP contribution in [0.25, 0.3) is 0 Å². The summed E-state index contributed by atoms with van der Waals surface area (Å²) >= 11 is 4.08. The standard InChI is InChI=1S/C10H8ClF6NO/c11-10(16,17)9(14,15)8(12,13)7-5-3-1-2-4-6(5)18-19-7/h1-4H2. The third-order valence-corrected chi connectivity index (χ3v) is 3.23. The van der Waals surface area contributed by atoms with Crippen molar-refractivity contribution in [1.82, 2.24) is 5.16 Å². The molecule has 1 aliphatic carbocycles. The van der Waals surface area contributed by atoms with E-state index in [9.17, 15) is 26.3 Å². The van der Waals surface area contributed by atoms with Gasteiger partial charge in [0, 0.05) is 5.56 Å². The number of fused-ring (bicyclic) bond motifs is 1. The van der Waals surface area contributed by atoms with Crippen molar-refractivity contribution in [1.29, 1.82) is 0 Å². The molecule has 108 valence electrons. The molecule has 0 fully saturated rings. The van der Waals surface area contributed by atoms with Crippen LogP contribution in [0.5, 0.6) is 0 Å². The number of hydrogen-bond acceptors (Lipinski definition) is 2. The van der Waals surface area contributed by atoms with Crippen LogP contribution in [0.4, 0.5) is 26.3 Å². The van der Waals surface area contributed by atoms with Crippen molar-refractivity contribution in [2.75, 3.05) is 0 Å². The van der Waals surface area contributed by atoms with Gasteiger partial charge in [0.25, 0.3) is 0 Å². The van der Waals surface area contributed by atoms with Gasteiger partial charge < -0.3 is 4.52 Å². The zero-order valence-corrected chi connectivity index (χ0v) is 10.1. The van der Waals surface area contributed by atoms with Crippen LogP contribution in [-0.2, 0) is 18.8 Å². The number of alkyl halides is 7. The Morgan fingerprint density at radius 1 is 1.00 bits per heavy atom. The molecule has 1 aromatic rings. The van der Waals surface area contributed by atoms with Gasteiger partial charge in [-0.25, -0.2) is 0 Å². The summed E-state index contributed by atoms with van der Waals surface area (Å²) in [5, 5.41) is -2.16. The Labute approximate surface area is 108 Å². The molecule has 1 aromatic heterocycles. The van der Waals surface area contributed by atoms with Crippen LogP contribution in [0.3, 0.4) is 0 Å². The highest BCUT2D eigenvalue weighted by Gasteiger charge is 2.74. The van der Waals surface area contributed by atoms with Crippen molar-refractivity contribution in [3.8, 4) is 0 Å². The SMILES string of the molecule is FC(F)(Cl)C(F)(F)C(F)(F)c1onc2c1CCCC2. The molecule has 2 nitrogen and oxygen atoms in total. The van der Waals surface area contributed by atoms with Crippen molar-refractivity contribution < 1.29 is 30.9 Å². The Hall–Kier alpha value is -0.920. The normalized spacial score (nSPS) is 17.4. The van der Waals surface area contributed by atoms with Crippen LogP contribution >= 0.6 is 11.6 Å². The number of aryl methyl sites for hydroxylation is 1. The highest BCUT2D eigenvalue weighted by atomic mass is 35.5. The quantitative estimate of drug-likeness (QED) is 0.620. The molecule has 2 rings (SSSR count). The molecule has 0 aromatic carbocycles. The summed E-state index contributed by atoms with van der Waals surface area (Å²) in [6, 6.07) is 0.